The molecule has 1 fully saturated rings. The summed E-state index contributed by atoms with van der Waals surface area (Å²) < 4.78 is 2.12. The van der Waals surface area contributed by atoms with E-state index < -0.39 is 0 Å². The van der Waals surface area contributed by atoms with E-state index in [1.54, 1.807) is 0 Å². The van der Waals surface area contributed by atoms with E-state index in [4.69, 9.17) is 0 Å². The molecule has 108 valence electrons. The van der Waals surface area contributed by atoms with Crippen LogP contribution < -0.4 is 5.32 Å². The number of aliphatic hydroxyl groups is 1. The average molecular weight is 265 g/mol. The van der Waals surface area contributed by atoms with Crippen molar-refractivity contribution >= 4 is 0 Å². The highest BCUT2D eigenvalue weighted by molar-refractivity contribution is 5.00. The summed E-state index contributed by atoms with van der Waals surface area (Å²) in [6.07, 6.45) is 7.89. The Morgan fingerprint density at radius 1 is 1.42 bits per heavy atom. The van der Waals surface area contributed by atoms with Crippen molar-refractivity contribution in [1.29, 1.82) is 0 Å². The summed E-state index contributed by atoms with van der Waals surface area (Å²) in [5.41, 5.74) is 1.07. The first-order chi connectivity index (χ1) is 9.15. The molecule has 19 heavy (non-hydrogen) atoms. The zero-order valence-electron chi connectivity index (χ0n) is 12.2. The smallest absolute Gasteiger partial charge is 0.0762 e. The fourth-order valence-electron chi connectivity index (χ4n) is 2.84. The van der Waals surface area contributed by atoms with Crippen LogP contribution in [-0.2, 0) is 6.54 Å². The molecule has 4 nitrogen and oxygen atoms in total. The Morgan fingerprint density at radius 3 is 2.84 bits per heavy atom. The third kappa shape index (κ3) is 4.62. The van der Waals surface area contributed by atoms with Crippen molar-refractivity contribution in [2.45, 2.75) is 64.6 Å². The molecule has 1 atom stereocenters. The maximum absolute atomic E-state index is 9.79. The van der Waals surface area contributed by atoms with Gasteiger partial charge < -0.3 is 10.4 Å². The van der Waals surface area contributed by atoms with Crippen molar-refractivity contribution in [3.8, 4) is 0 Å². The molecule has 2 rings (SSSR count). The Hall–Kier alpha value is -0.870. The second-order valence-corrected chi connectivity index (χ2v) is 6.14. The van der Waals surface area contributed by atoms with Gasteiger partial charge in [-0.25, -0.2) is 0 Å². The molecule has 0 spiro atoms. The molecule has 1 unspecified atom stereocenters. The largest absolute Gasteiger partial charge is 0.392 e. The van der Waals surface area contributed by atoms with Crippen LogP contribution in [0, 0.1) is 5.92 Å². The van der Waals surface area contributed by atoms with E-state index in [1.165, 1.54) is 25.7 Å². The van der Waals surface area contributed by atoms with E-state index in [2.05, 4.69) is 41.2 Å². The second kappa shape index (κ2) is 7.06. The molecule has 0 radical (unpaired) electrons. The van der Waals surface area contributed by atoms with Crippen molar-refractivity contribution < 1.29 is 5.11 Å². The fraction of sp³-hybridized carbons (Fsp3) is 0.800. The number of rotatable bonds is 7. The van der Waals surface area contributed by atoms with Crippen LogP contribution in [0.15, 0.2) is 12.3 Å². The van der Waals surface area contributed by atoms with E-state index in [0.29, 0.717) is 18.5 Å². The SMILES string of the molecule is CC(C)CC(O)CNCc1ccn(C2CCCC2)n1. The molecule has 0 saturated heterocycles. The maximum atomic E-state index is 9.79. The number of nitrogens with one attached hydrogen (secondary N) is 1. The standard InChI is InChI=1S/C15H27N3O/c1-12(2)9-15(19)11-16-10-13-7-8-18(17-13)14-5-3-4-6-14/h7-8,12,14-16,19H,3-6,9-11H2,1-2H3. The molecular formula is C15H27N3O. The van der Waals surface area contributed by atoms with Crippen LogP contribution in [-0.4, -0.2) is 27.5 Å². The lowest BCUT2D eigenvalue weighted by atomic mass is 10.1. The minimum atomic E-state index is -0.253. The van der Waals surface area contributed by atoms with Crippen molar-refractivity contribution in [1.82, 2.24) is 15.1 Å². The summed E-state index contributed by atoms with van der Waals surface area (Å²) >= 11 is 0. The Bertz CT molecular complexity index is 369. The number of aromatic nitrogens is 2. The molecule has 1 heterocycles. The molecule has 0 aliphatic heterocycles. The monoisotopic (exact) mass is 265 g/mol. The quantitative estimate of drug-likeness (QED) is 0.796. The van der Waals surface area contributed by atoms with Crippen LogP contribution in [0.25, 0.3) is 0 Å². The first kappa shape index (κ1) is 14.5. The van der Waals surface area contributed by atoms with Crippen LogP contribution in [0.1, 0.15) is 57.7 Å². The lowest BCUT2D eigenvalue weighted by Crippen LogP contribution is -2.27. The summed E-state index contributed by atoms with van der Waals surface area (Å²) in [6, 6.07) is 2.69. The summed E-state index contributed by atoms with van der Waals surface area (Å²) in [4.78, 5) is 0. The van der Waals surface area contributed by atoms with Gasteiger partial charge in [-0.2, -0.15) is 5.10 Å². The van der Waals surface area contributed by atoms with Crippen molar-refractivity contribution in [2.75, 3.05) is 6.54 Å². The molecule has 2 N–H and O–H groups in total. The van der Waals surface area contributed by atoms with Crippen LogP contribution in [0.3, 0.4) is 0 Å². The highest BCUT2D eigenvalue weighted by Gasteiger charge is 2.17. The van der Waals surface area contributed by atoms with Crippen molar-refractivity contribution in [3.05, 3.63) is 18.0 Å². The molecule has 0 bridgehead atoms. The van der Waals surface area contributed by atoms with Crippen LogP contribution in [0.4, 0.5) is 0 Å². The number of hydrogen-bond donors (Lipinski definition) is 2. The van der Waals surface area contributed by atoms with E-state index in [0.717, 1.165) is 18.7 Å². The fourth-order valence-corrected chi connectivity index (χ4v) is 2.84. The zero-order chi connectivity index (χ0) is 13.7. The highest BCUT2D eigenvalue weighted by atomic mass is 16.3. The Kier molecular flexibility index (Phi) is 5.40. The molecular weight excluding hydrogens is 238 g/mol. The predicted octanol–water partition coefficient (Wildman–Crippen LogP) is 2.49. The first-order valence-electron chi connectivity index (χ1n) is 7.58. The Morgan fingerprint density at radius 2 is 2.16 bits per heavy atom. The van der Waals surface area contributed by atoms with E-state index in [9.17, 15) is 5.11 Å². The average Bonchev–Trinajstić information content (AvgIpc) is 2.97. The van der Waals surface area contributed by atoms with Gasteiger partial charge in [-0.1, -0.05) is 26.7 Å². The van der Waals surface area contributed by atoms with Gasteiger partial charge in [0.2, 0.25) is 0 Å². The van der Waals surface area contributed by atoms with Crippen LogP contribution in [0.2, 0.25) is 0 Å². The number of hydrogen-bond acceptors (Lipinski definition) is 3. The van der Waals surface area contributed by atoms with E-state index >= 15 is 0 Å². The summed E-state index contributed by atoms with van der Waals surface area (Å²) in [5, 5.41) is 17.7. The minimum absolute atomic E-state index is 0.253. The molecule has 1 aliphatic carbocycles. The van der Waals surface area contributed by atoms with Gasteiger partial charge >= 0.3 is 0 Å². The van der Waals surface area contributed by atoms with Gasteiger partial charge in [0.1, 0.15) is 0 Å². The van der Waals surface area contributed by atoms with E-state index in [-0.39, 0.29) is 6.10 Å². The molecule has 4 heteroatoms. The number of nitrogens with zero attached hydrogens (tertiary/aromatic N) is 2. The van der Waals surface area contributed by atoms with Crippen molar-refractivity contribution in [2.24, 2.45) is 5.92 Å². The molecule has 0 aromatic carbocycles. The van der Waals surface area contributed by atoms with Gasteiger partial charge in [0.05, 0.1) is 17.8 Å². The van der Waals surface area contributed by atoms with Gasteiger partial charge in [0, 0.05) is 19.3 Å². The molecule has 1 aliphatic rings. The van der Waals surface area contributed by atoms with Gasteiger partial charge in [0.15, 0.2) is 0 Å². The lowest BCUT2D eigenvalue weighted by Gasteiger charge is -2.13. The molecule has 0 amide bonds. The lowest BCUT2D eigenvalue weighted by molar-refractivity contribution is 0.146. The summed E-state index contributed by atoms with van der Waals surface area (Å²) in [7, 11) is 0. The maximum Gasteiger partial charge on any atom is 0.0762 e. The minimum Gasteiger partial charge on any atom is -0.392 e. The van der Waals surface area contributed by atoms with Gasteiger partial charge in [-0.05, 0) is 31.2 Å². The van der Waals surface area contributed by atoms with Crippen molar-refractivity contribution in [3.63, 3.8) is 0 Å². The number of aliphatic hydroxyl groups excluding tert-OH is 1. The Labute approximate surface area is 116 Å². The van der Waals surface area contributed by atoms with E-state index in [1.807, 2.05) is 0 Å². The first-order valence-corrected chi connectivity index (χ1v) is 7.58. The topological polar surface area (TPSA) is 50.1 Å². The summed E-state index contributed by atoms with van der Waals surface area (Å²) in [6.45, 7) is 5.66. The second-order valence-electron chi connectivity index (χ2n) is 6.14. The summed E-state index contributed by atoms with van der Waals surface area (Å²) in [5.74, 6) is 0.540. The normalized spacial score (nSPS) is 18.3. The molecule has 1 aromatic rings. The zero-order valence-corrected chi connectivity index (χ0v) is 12.2. The van der Waals surface area contributed by atoms with Gasteiger partial charge in [0.25, 0.3) is 0 Å². The third-order valence-electron chi connectivity index (χ3n) is 3.79. The van der Waals surface area contributed by atoms with Gasteiger partial charge in [-0.15, -0.1) is 0 Å². The van der Waals surface area contributed by atoms with Crippen LogP contribution in [0.5, 0.6) is 0 Å². The predicted molar refractivity (Wildman–Crippen MR) is 76.9 cm³/mol. The molecule has 1 aromatic heterocycles. The van der Waals surface area contributed by atoms with Crippen LogP contribution >= 0.6 is 0 Å². The van der Waals surface area contributed by atoms with Gasteiger partial charge in [-0.3, -0.25) is 4.68 Å². The highest BCUT2D eigenvalue weighted by Crippen LogP contribution is 2.28. The molecule has 1 saturated carbocycles. The Balaban J connectivity index is 1.71. The third-order valence-corrected chi connectivity index (χ3v) is 3.79.